The molecule has 0 saturated heterocycles. The molecule has 6 heteroatoms. The first-order chi connectivity index (χ1) is 14.7. The van der Waals surface area contributed by atoms with Crippen LogP contribution in [0.15, 0.2) is 76.8 Å². The fraction of sp³-hybridized carbons (Fsp3) is 0.333. The number of nitrogens with one attached hydrogen (secondary N) is 2. The summed E-state index contributed by atoms with van der Waals surface area (Å²) in [5.41, 5.74) is 3.19. The predicted molar refractivity (Wildman–Crippen MR) is 135 cm³/mol. The molecule has 164 valence electrons. The zero-order chi connectivity index (χ0) is 22.8. The number of carbonyl (C=O) groups excluding carboxylic acids is 1. The SMILES string of the molecule is C=C/C=C\C(SNC)=C1/CC=CC=N1.CC.CC.CN1Cc2ccccc2NC1=O. The second kappa shape index (κ2) is 17.3. The van der Waals surface area contributed by atoms with Crippen molar-refractivity contribution < 1.29 is 4.79 Å². The van der Waals surface area contributed by atoms with E-state index in [4.69, 9.17) is 0 Å². The van der Waals surface area contributed by atoms with Crippen LogP contribution in [-0.4, -0.2) is 31.2 Å². The van der Waals surface area contributed by atoms with Crippen LogP contribution in [0.25, 0.3) is 0 Å². The molecule has 0 saturated carbocycles. The summed E-state index contributed by atoms with van der Waals surface area (Å²) in [6.45, 7) is 12.3. The van der Waals surface area contributed by atoms with E-state index in [0.29, 0.717) is 6.54 Å². The third kappa shape index (κ3) is 9.76. The van der Waals surface area contributed by atoms with Gasteiger partial charge in [-0.3, -0.25) is 9.71 Å². The van der Waals surface area contributed by atoms with Crippen LogP contribution in [0.4, 0.5) is 10.5 Å². The first-order valence-corrected chi connectivity index (χ1v) is 11.1. The summed E-state index contributed by atoms with van der Waals surface area (Å²) in [6, 6.07) is 7.80. The summed E-state index contributed by atoms with van der Waals surface area (Å²) >= 11 is 1.57. The molecule has 0 radical (unpaired) electrons. The number of urea groups is 1. The van der Waals surface area contributed by atoms with E-state index in [1.54, 1.807) is 30.0 Å². The monoisotopic (exact) mass is 428 g/mol. The van der Waals surface area contributed by atoms with Gasteiger partial charge >= 0.3 is 6.03 Å². The smallest absolute Gasteiger partial charge is 0.321 e. The molecule has 0 aromatic heterocycles. The Morgan fingerprint density at radius 3 is 2.57 bits per heavy atom. The molecule has 0 aliphatic carbocycles. The summed E-state index contributed by atoms with van der Waals surface area (Å²) in [7, 11) is 3.68. The van der Waals surface area contributed by atoms with Crippen LogP contribution >= 0.6 is 11.9 Å². The molecule has 0 fully saturated rings. The molecule has 0 atom stereocenters. The Morgan fingerprint density at radius 1 is 1.27 bits per heavy atom. The molecule has 2 aliphatic rings. The van der Waals surface area contributed by atoms with Gasteiger partial charge < -0.3 is 10.2 Å². The highest BCUT2D eigenvalue weighted by molar-refractivity contribution is 8.01. The topological polar surface area (TPSA) is 56.7 Å². The molecule has 2 N–H and O–H groups in total. The van der Waals surface area contributed by atoms with E-state index in [-0.39, 0.29) is 6.03 Å². The van der Waals surface area contributed by atoms with E-state index in [1.165, 1.54) is 5.56 Å². The number of amides is 2. The minimum absolute atomic E-state index is 0.0336. The van der Waals surface area contributed by atoms with Gasteiger partial charge in [-0.15, -0.1) is 0 Å². The normalized spacial score (nSPS) is 15.4. The second-order valence-electron chi connectivity index (χ2n) is 5.57. The third-order valence-corrected chi connectivity index (χ3v) is 4.45. The lowest BCUT2D eigenvalue weighted by Gasteiger charge is -2.25. The molecule has 3 rings (SSSR count). The maximum Gasteiger partial charge on any atom is 0.321 e. The molecule has 5 nitrogen and oxygen atoms in total. The summed E-state index contributed by atoms with van der Waals surface area (Å²) in [5.74, 6) is 0. The lowest BCUT2D eigenvalue weighted by atomic mass is 10.1. The summed E-state index contributed by atoms with van der Waals surface area (Å²) in [5, 5.41) is 2.80. The van der Waals surface area contributed by atoms with Gasteiger partial charge in [0.1, 0.15) is 0 Å². The van der Waals surface area contributed by atoms with Crippen molar-refractivity contribution in [1.29, 1.82) is 0 Å². The highest BCUT2D eigenvalue weighted by Crippen LogP contribution is 2.23. The number of fused-ring (bicyclic) bond motifs is 1. The van der Waals surface area contributed by atoms with Crippen molar-refractivity contribution in [3.05, 3.63) is 77.4 Å². The number of dihydropyridines is 1. The molecule has 2 amide bonds. The van der Waals surface area contributed by atoms with Crippen molar-refractivity contribution in [2.45, 2.75) is 40.7 Å². The fourth-order valence-corrected chi connectivity index (χ4v) is 2.98. The largest absolute Gasteiger partial charge is 0.323 e. The van der Waals surface area contributed by atoms with Gasteiger partial charge in [0.2, 0.25) is 0 Å². The zero-order valence-electron chi connectivity index (χ0n) is 19.1. The minimum atomic E-state index is -0.0336. The van der Waals surface area contributed by atoms with Gasteiger partial charge in [-0.2, -0.15) is 0 Å². The maximum absolute atomic E-state index is 11.2. The Hall–Kier alpha value is -2.57. The van der Waals surface area contributed by atoms with Crippen LogP contribution in [0.5, 0.6) is 0 Å². The molecule has 1 aromatic carbocycles. The highest BCUT2D eigenvalue weighted by atomic mass is 32.2. The number of rotatable bonds is 4. The number of allylic oxidation sites excluding steroid dienone is 5. The van der Waals surface area contributed by atoms with Crippen molar-refractivity contribution in [2.75, 3.05) is 19.4 Å². The van der Waals surface area contributed by atoms with Crippen LogP contribution in [-0.2, 0) is 6.54 Å². The number of carbonyl (C=O) groups is 1. The first-order valence-electron chi connectivity index (χ1n) is 10.3. The Morgan fingerprint density at radius 2 is 1.97 bits per heavy atom. The van der Waals surface area contributed by atoms with Gasteiger partial charge in [-0.1, -0.05) is 70.7 Å². The molecule has 0 bridgehead atoms. The summed E-state index contributed by atoms with van der Waals surface area (Å²) < 4.78 is 3.05. The van der Waals surface area contributed by atoms with Crippen LogP contribution in [0.1, 0.15) is 39.7 Å². The third-order valence-electron chi connectivity index (χ3n) is 3.66. The van der Waals surface area contributed by atoms with Crippen LogP contribution in [0, 0.1) is 0 Å². The number of para-hydroxylation sites is 1. The summed E-state index contributed by atoms with van der Waals surface area (Å²) in [4.78, 5) is 18.3. The van der Waals surface area contributed by atoms with Gasteiger partial charge in [-0.25, -0.2) is 4.79 Å². The number of hydrogen-bond donors (Lipinski definition) is 2. The van der Waals surface area contributed by atoms with Crippen molar-refractivity contribution in [3.63, 3.8) is 0 Å². The number of hydrogen-bond acceptors (Lipinski definition) is 4. The van der Waals surface area contributed by atoms with E-state index in [9.17, 15) is 4.79 Å². The molecule has 0 unspecified atom stereocenters. The Kier molecular flexibility index (Phi) is 15.8. The van der Waals surface area contributed by atoms with Crippen molar-refractivity contribution in [3.8, 4) is 0 Å². The Balaban J connectivity index is 0.000000484. The van der Waals surface area contributed by atoms with E-state index in [0.717, 1.165) is 22.7 Å². The van der Waals surface area contributed by atoms with Crippen molar-refractivity contribution in [2.24, 2.45) is 4.99 Å². The van der Waals surface area contributed by atoms with Crippen molar-refractivity contribution in [1.82, 2.24) is 9.62 Å². The number of aliphatic imine (C=N–C) groups is 1. The standard InChI is InChI=1S/C11H14N2S.C9H10N2O.2C2H6/c1-3-4-8-11(14-12-2)10-7-5-6-9-13-10;1-11-6-7-4-2-3-5-8(7)10-9(11)12;2*1-2/h3-6,8-9,12H,1,7H2,2H3;2-5H,6H2,1H3,(H,10,12);2*1-2H3/b8-4-,11-10-;;;. The zero-order valence-corrected chi connectivity index (χ0v) is 19.9. The molecular weight excluding hydrogens is 392 g/mol. The average Bonchev–Trinajstić information content (AvgIpc) is 2.81. The molecule has 2 heterocycles. The lowest BCUT2D eigenvalue weighted by Crippen LogP contribution is -2.35. The second-order valence-corrected chi connectivity index (χ2v) is 6.62. The van der Waals surface area contributed by atoms with Gasteiger partial charge in [0, 0.05) is 36.8 Å². The quantitative estimate of drug-likeness (QED) is 0.422. The highest BCUT2D eigenvalue weighted by Gasteiger charge is 2.17. The predicted octanol–water partition coefficient (Wildman–Crippen LogP) is 6.55. The van der Waals surface area contributed by atoms with Crippen LogP contribution < -0.4 is 10.0 Å². The maximum atomic E-state index is 11.2. The lowest BCUT2D eigenvalue weighted by molar-refractivity contribution is 0.218. The van der Waals surface area contributed by atoms with E-state index in [1.807, 2.05) is 83.5 Å². The van der Waals surface area contributed by atoms with Gasteiger partial charge in [-0.05, 0) is 42.8 Å². The number of benzene rings is 1. The molecular formula is C24H36N4OS. The number of anilines is 1. The van der Waals surface area contributed by atoms with Gasteiger partial charge in [0.15, 0.2) is 0 Å². The van der Waals surface area contributed by atoms with Crippen LogP contribution in [0.3, 0.4) is 0 Å². The van der Waals surface area contributed by atoms with E-state index in [2.05, 4.69) is 27.7 Å². The minimum Gasteiger partial charge on any atom is -0.323 e. The fourth-order valence-electron chi connectivity index (χ4n) is 2.36. The first kappa shape index (κ1) is 27.4. The average molecular weight is 429 g/mol. The number of nitrogens with zero attached hydrogens (tertiary/aromatic N) is 2. The van der Waals surface area contributed by atoms with Crippen LogP contribution in [0.2, 0.25) is 0 Å². The Bertz CT molecular complexity index is 766. The van der Waals surface area contributed by atoms with E-state index >= 15 is 0 Å². The van der Waals surface area contributed by atoms with E-state index < -0.39 is 0 Å². The summed E-state index contributed by atoms with van der Waals surface area (Å²) in [6.07, 6.45) is 12.5. The van der Waals surface area contributed by atoms with Crippen molar-refractivity contribution >= 4 is 29.9 Å². The molecule has 1 aromatic rings. The molecule has 0 spiro atoms. The van der Waals surface area contributed by atoms with Gasteiger partial charge in [0.25, 0.3) is 0 Å². The Labute approximate surface area is 186 Å². The molecule has 30 heavy (non-hydrogen) atoms. The molecule has 2 aliphatic heterocycles. The van der Waals surface area contributed by atoms with Gasteiger partial charge in [0.05, 0.1) is 5.70 Å².